The Morgan fingerprint density at radius 3 is 2.95 bits per heavy atom. The summed E-state index contributed by atoms with van der Waals surface area (Å²) in [7, 11) is 0. The van der Waals surface area contributed by atoms with Gasteiger partial charge >= 0.3 is 0 Å². The van der Waals surface area contributed by atoms with Crippen molar-refractivity contribution in [3.63, 3.8) is 0 Å². The molecule has 4 rings (SSSR count). The highest BCUT2D eigenvalue weighted by atomic mass is 15.3. The van der Waals surface area contributed by atoms with Crippen LogP contribution in [0, 0.1) is 5.92 Å². The van der Waals surface area contributed by atoms with E-state index in [2.05, 4.69) is 59.5 Å². The van der Waals surface area contributed by atoms with Gasteiger partial charge < -0.3 is 0 Å². The number of imidazole rings is 1. The zero-order chi connectivity index (χ0) is 13.7. The Kier molecular flexibility index (Phi) is 2.43. The second-order valence-electron chi connectivity index (χ2n) is 5.97. The molecule has 0 unspecified atom stereocenters. The summed E-state index contributed by atoms with van der Waals surface area (Å²) in [6.07, 6.45) is 3.31. The molecule has 0 radical (unpaired) electrons. The summed E-state index contributed by atoms with van der Waals surface area (Å²) in [5.74, 6) is 3.05. The fourth-order valence-corrected chi connectivity index (χ4v) is 3.07. The minimum absolute atomic E-state index is 0.679. The van der Waals surface area contributed by atoms with Crippen molar-refractivity contribution in [1.29, 1.82) is 0 Å². The normalized spacial score (nSPS) is 12.9. The second-order valence-corrected chi connectivity index (χ2v) is 5.97. The van der Waals surface area contributed by atoms with Gasteiger partial charge in [0.1, 0.15) is 5.52 Å². The van der Waals surface area contributed by atoms with Crippen LogP contribution in [0.3, 0.4) is 0 Å². The van der Waals surface area contributed by atoms with E-state index in [1.54, 1.807) is 0 Å². The minimum Gasteiger partial charge on any atom is -0.224 e. The molecule has 0 saturated heterocycles. The van der Waals surface area contributed by atoms with Gasteiger partial charge in [-0.3, -0.25) is 0 Å². The van der Waals surface area contributed by atoms with Crippen LogP contribution >= 0.6 is 0 Å². The summed E-state index contributed by atoms with van der Waals surface area (Å²) < 4.78 is 4.57. The average molecular weight is 264 g/mol. The number of nitrogens with zero attached hydrogens (tertiary/aromatic N) is 3. The molecule has 2 aromatic heterocycles. The molecule has 0 saturated carbocycles. The molecule has 3 heteroatoms. The Bertz CT molecular complexity index is 799. The van der Waals surface area contributed by atoms with Crippen molar-refractivity contribution < 1.29 is 4.57 Å². The molecule has 3 heterocycles. The summed E-state index contributed by atoms with van der Waals surface area (Å²) in [4.78, 5) is 4.74. The van der Waals surface area contributed by atoms with E-state index >= 15 is 0 Å². The Morgan fingerprint density at radius 2 is 2.10 bits per heavy atom. The lowest BCUT2D eigenvalue weighted by atomic mass is 10.0. The van der Waals surface area contributed by atoms with Crippen molar-refractivity contribution in [2.45, 2.75) is 26.8 Å². The Morgan fingerprint density at radius 1 is 1.25 bits per heavy atom. The van der Waals surface area contributed by atoms with Gasteiger partial charge in [-0.25, -0.2) is 9.55 Å². The molecule has 0 spiro atoms. The Labute approximate surface area is 118 Å². The molecule has 0 bridgehead atoms. The van der Waals surface area contributed by atoms with E-state index in [0.29, 0.717) is 5.92 Å². The van der Waals surface area contributed by atoms with Crippen LogP contribution in [0.2, 0.25) is 0 Å². The number of benzene rings is 1. The fourth-order valence-electron chi connectivity index (χ4n) is 3.07. The zero-order valence-corrected chi connectivity index (χ0v) is 11.9. The molecule has 100 valence electrons. The highest BCUT2D eigenvalue weighted by Gasteiger charge is 2.30. The van der Waals surface area contributed by atoms with Gasteiger partial charge in [-0.2, -0.15) is 4.57 Å². The third-order valence-corrected chi connectivity index (χ3v) is 3.89. The van der Waals surface area contributed by atoms with Gasteiger partial charge in [0, 0.05) is 6.07 Å². The van der Waals surface area contributed by atoms with Crippen LogP contribution in [-0.4, -0.2) is 9.55 Å². The first kappa shape index (κ1) is 11.6. The van der Waals surface area contributed by atoms with E-state index in [9.17, 15) is 0 Å². The molecule has 0 fully saturated rings. The van der Waals surface area contributed by atoms with Crippen LogP contribution in [0.5, 0.6) is 0 Å². The number of aromatic nitrogens is 3. The molecule has 1 aliphatic rings. The van der Waals surface area contributed by atoms with E-state index in [0.717, 1.165) is 24.3 Å². The van der Waals surface area contributed by atoms with Gasteiger partial charge in [0.15, 0.2) is 12.1 Å². The minimum atomic E-state index is 0.679. The quantitative estimate of drug-likeness (QED) is 0.510. The first-order valence-electron chi connectivity index (χ1n) is 7.21. The maximum absolute atomic E-state index is 4.74. The molecule has 3 nitrogen and oxygen atoms in total. The van der Waals surface area contributed by atoms with Crippen LogP contribution in [0.15, 0.2) is 42.6 Å². The summed E-state index contributed by atoms with van der Waals surface area (Å²) in [5, 5.41) is 0. The molecular weight excluding hydrogens is 246 g/mol. The maximum Gasteiger partial charge on any atom is 0.288 e. The Hall–Kier alpha value is -2.16. The predicted molar refractivity (Wildman–Crippen MR) is 78.9 cm³/mol. The van der Waals surface area contributed by atoms with Crippen molar-refractivity contribution in [3.8, 4) is 5.82 Å². The second kappa shape index (κ2) is 4.17. The van der Waals surface area contributed by atoms with Crippen LogP contribution in [0.25, 0.3) is 16.9 Å². The fraction of sp³-hybridized carbons (Fsp3) is 0.294. The summed E-state index contributed by atoms with van der Waals surface area (Å²) in [5.41, 5.74) is 3.69. The van der Waals surface area contributed by atoms with Crippen molar-refractivity contribution >= 4 is 11.0 Å². The topological polar surface area (TPSA) is 21.7 Å². The van der Waals surface area contributed by atoms with E-state index in [1.165, 1.54) is 16.9 Å². The monoisotopic (exact) mass is 264 g/mol. The van der Waals surface area contributed by atoms with Crippen LogP contribution in [0.1, 0.15) is 25.2 Å². The third-order valence-electron chi connectivity index (χ3n) is 3.89. The number of pyridine rings is 1. The van der Waals surface area contributed by atoms with E-state index < -0.39 is 0 Å². The lowest BCUT2D eigenvalue weighted by molar-refractivity contribution is -0.674. The highest BCUT2D eigenvalue weighted by molar-refractivity contribution is 5.77. The van der Waals surface area contributed by atoms with Gasteiger partial charge in [-0.05, 0) is 36.1 Å². The van der Waals surface area contributed by atoms with Crippen molar-refractivity contribution in [2.75, 3.05) is 0 Å². The summed E-state index contributed by atoms with van der Waals surface area (Å²) >= 11 is 0. The smallest absolute Gasteiger partial charge is 0.224 e. The number of hydrogen-bond acceptors (Lipinski definition) is 1. The van der Waals surface area contributed by atoms with Crippen LogP contribution < -0.4 is 4.57 Å². The molecule has 1 aliphatic heterocycles. The van der Waals surface area contributed by atoms with Gasteiger partial charge in [-0.1, -0.05) is 26.0 Å². The molecule has 0 N–H and O–H groups in total. The Balaban J connectivity index is 1.91. The zero-order valence-electron chi connectivity index (χ0n) is 11.9. The van der Waals surface area contributed by atoms with Crippen molar-refractivity contribution in [2.24, 2.45) is 5.92 Å². The number of hydrogen-bond donors (Lipinski definition) is 0. The number of para-hydroxylation sites is 2. The first-order valence-corrected chi connectivity index (χ1v) is 7.21. The molecular formula is C17H18N3+. The first-order chi connectivity index (χ1) is 9.72. The molecule has 3 aromatic rings. The summed E-state index contributed by atoms with van der Waals surface area (Å²) in [6, 6.07) is 12.9. The third kappa shape index (κ3) is 1.66. The van der Waals surface area contributed by atoms with Crippen molar-refractivity contribution in [1.82, 2.24) is 9.55 Å². The summed E-state index contributed by atoms with van der Waals surface area (Å²) in [6.45, 7) is 5.39. The van der Waals surface area contributed by atoms with E-state index in [-0.39, 0.29) is 0 Å². The lowest BCUT2D eigenvalue weighted by Gasteiger charge is -2.05. The number of fused-ring (bicyclic) bond motifs is 5. The van der Waals surface area contributed by atoms with Gasteiger partial charge in [0.25, 0.3) is 5.82 Å². The lowest BCUT2D eigenvalue weighted by Crippen LogP contribution is -2.32. The molecule has 0 atom stereocenters. The largest absolute Gasteiger partial charge is 0.288 e. The highest BCUT2D eigenvalue weighted by Crippen LogP contribution is 2.24. The maximum atomic E-state index is 4.74. The van der Waals surface area contributed by atoms with Gasteiger partial charge in [0.05, 0.1) is 6.20 Å². The molecule has 20 heavy (non-hydrogen) atoms. The van der Waals surface area contributed by atoms with Gasteiger partial charge in [-0.15, -0.1) is 0 Å². The standard InChI is InChI=1S/C17H18N3/c1-12(2)9-13-7-8-19-11-16-18-14-5-3-4-6-15(14)20(16)17(19)10-13/h3-8,10,12H,9,11H2,1-2H3/q+1. The molecule has 1 aromatic carbocycles. The predicted octanol–water partition coefficient (Wildman–Crippen LogP) is 2.87. The average Bonchev–Trinajstić information content (AvgIpc) is 2.93. The van der Waals surface area contributed by atoms with E-state index in [4.69, 9.17) is 4.98 Å². The van der Waals surface area contributed by atoms with E-state index in [1.807, 2.05) is 6.07 Å². The molecule has 0 amide bonds. The molecule has 0 aliphatic carbocycles. The number of rotatable bonds is 2. The van der Waals surface area contributed by atoms with Crippen LogP contribution in [0.4, 0.5) is 0 Å². The van der Waals surface area contributed by atoms with Gasteiger partial charge in [0.2, 0.25) is 5.82 Å². The van der Waals surface area contributed by atoms with Crippen molar-refractivity contribution in [3.05, 3.63) is 54.0 Å². The van der Waals surface area contributed by atoms with Crippen LogP contribution in [-0.2, 0) is 13.0 Å². The SMILES string of the molecule is CC(C)Cc1cc[n+]2c(c1)-n1c(nc3ccccc31)C2.